The van der Waals surface area contributed by atoms with E-state index in [1.807, 2.05) is 12.3 Å². The van der Waals surface area contributed by atoms with Crippen molar-refractivity contribution in [2.24, 2.45) is 5.41 Å². The topological polar surface area (TPSA) is 39.7 Å². The third-order valence-corrected chi connectivity index (χ3v) is 6.11. The number of nitrogens with zero attached hydrogens (tertiary/aromatic N) is 4. The molecule has 3 aliphatic rings. The summed E-state index contributed by atoms with van der Waals surface area (Å²) in [6.45, 7) is 7.05. The van der Waals surface area contributed by atoms with Gasteiger partial charge in [0.25, 0.3) is 0 Å². The molecule has 2 amide bonds. The van der Waals surface area contributed by atoms with Crippen molar-refractivity contribution in [3.05, 3.63) is 30.1 Å². The Bertz CT molecular complexity index is 562. The summed E-state index contributed by atoms with van der Waals surface area (Å²) in [6.07, 6.45) is 7.83. The standard InChI is InChI=1S/C19H28N4O/c24-18(22-10-3-4-11-22)23-14-8-19(16-23)6-12-21(13-7-19)15-17-5-1-2-9-20-17/h1-2,5,9H,3-4,6-8,10-16H2. The summed E-state index contributed by atoms with van der Waals surface area (Å²) in [6, 6.07) is 6.43. The minimum Gasteiger partial charge on any atom is -0.325 e. The molecule has 0 unspecified atom stereocenters. The third-order valence-electron chi connectivity index (χ3n) is 6.11. The van der Waals surface area contributed by atoms with Crippen molar-refractivity contribution in [1.82, 2.24) is 19.7 Å². The highest BCUT2D eigenvalue weighted by Crippen LogP contribution is 2.41. The van der Waals surface area contributed by atoms with Crippen LogP contribution >= 0.6 is 0 Å². The average Bonchev–Trinajstić information content (AvgIpc) is 3.28. The number of hydrogen-bond donors (Lipinski definition) is 0. The van der Waals surface area contributed by atoms with Crippen LogP contribution in [0.5, 0.6) is 0 Å². The van der Waals surface area contributed by atoms with E-state index in [0.717, 1.165) is 51.5 Å². The van der Waals surface area contributed by atoms with Gasteiger partial charge in [-0.05, 0) is 62.7 Å². The zero-order valence-electron chi connectivity index (χ0n) is 14.5. The summed E-state index contributed by atoms with van der Waals surface area (Å²) < 4.78 is 0. The molecule has 3 aliphatic heterocycles. The van der Waals surface area contributed by atoms with E-state index in [9.17, 15) is 4.79 Å². The maximum absolute atomic E-state index is 12.6. The molecule has 24 heavy (non-hydrogen) atoms. The van der Waals surface area contributed by atoms with E-state index in [1.54, 1.807) is 0 Å². The van der Waals surface area contributed by atoms with Crippen LogP contribution in [0.3, 0.4) is 0 Å². The molecule has 3 saturated heterocycles. The molecule has 1 aromatic rings. The first-order chi connectivity index (χ1) is 11.7. The molecule has 3 fully saturated rings. The monoisotopic (exact) mass is 328 g/mol. The van der Waals surface area contributed by atoms with Gasteiger partial charge in [0.15, 0.2) is 0 Å². The van der Waals surface area contributed by atoms with Crippen LogP contribution in [0.15, 0.2) is 24.4 Å². The van der Waals surface area contributed by atoms with E-state index >= 15 is 0 Å². The van der Waals surface area contributed by atoms with Crippen molar-refractivity contribution >= 4 is 6.03 Å². The Labute approximate surface area is 144 Å². The number of rotatable bonds is 2. The van der Waals surface area contributed by atoms with Crippen molar-refractivity contribution in [1.29, 1.82) is 0 Å². The molecular weight excluding hydrogens is 300 g/mol. The Balaban J connectivity index is 1.30. The molecule has 0 N–H and O–H groups in total. The summed E-state index contributed by atoms with van der Waals surface area (Å²) in [4.78, 5) is 23.7. The number of hydrogen-bond acceptors (Lipinski definition) is 3. The van der Waals surface area contributed by atoms with Crippen LogP contribution in [-0.2, 0) is 6.54 Å². The number of carbonyl (C=O) groups is 1. The Kier molecular flexibility index (Phi) is 4.44. The quantitative estimate of drug-likeness (QED) is 0.838. The lowest BCUT2D eigenvalue weighted by Gasteiger charge is -2.39. The third kappa shape index (κ3) is 3.27. The van der Waals surface area contributed by atoms with Crippen LogP contribution < -0.4 is 0 Å². The number of amides is 2. The highest BCUT2D eigenvalue weighted by atomic mass is 16.2. The van der Waals surface area contributed by atoms with E-state index < -0.39 is 0 Å². The Hall–Kier alpha value is -1.62. The zero-order valence-corrected chi connectivity index (χ0v) is 14.5. The van der Waals surface area contributed by atoms with Crippen LogP contribution in [0.4, 0.5) is 4.79 Å². The Morgan fingerprint density at radius 1 is 1.00 bits per heavy atom. The summed E-state index contributed by atoms with van der Waals surface area (Å²) in [7, 11) is 0. The van der Waals surface area contributed by atoms with Gasteiger partial charge in [0.2, 0.25) is 0 Å². The van der Waals surface area contributed by atoms with Gasteiger partial charge in [0.05, 0.1) is 5.69 Å². The molecule has 5 heteroatoms. The van der Waals surface area contributed by atoms with E-state index in [0.29, 0.717) is 11.4 Å². The maximum atomic E-state index is 12.6. The normalized spacial score (nSPS) is 24.0. The van der Waals surface area contributed by atoms with Crippen LogP contribution in [0, 0.1) is 5.41 Å². The van der Waals surface area contributed by atoms with Gasteiger partial charge in [0, 0.05) is 38.9 Å². The summed E-state index contributed by atoms with van der Waals surface area (Å²) in [5.74, 6) is 0. The van der Waals surface area contributed by atoms with Gasteiger partial charge in [-0.3, -0.25) is 9.88 Å². The highest BCUT2D eigenvalue weighted by Gasteiger charge is 2.43. The minimum absolute atomic E-state index is 0.292. The average molecular weight is 328 g/mol. The molecular formula is C19H28N4O. The fourth-order valence-corrected chi connectivity index (χ4v) is 4.52. The smallest absolute Gasteiger partial charge is 0.320 e. The van der Waals surface area contributed by atoms with E-state index in [1.165, 1.54) is 32.1 Å². The largest absolute Gasteiger partial charge is 0.325 e. The lowest BCUT2D eigenvalue weighted by Crippen LogP contribution is -2.44. The van der Waals surface area contributed by atoms with Gasteiger partial charge < -0.3 is 9.80 Å². The second kappa shape index (κ2) is 6.71. The molecule has 4 heterocycles. The first kappa shape index (κ1) is 15.9. The van der Waals surface area contributed by atoms with Crippen LogP contribution in [-0.4, -0.2) is 65.0 Å². The van der Waals surface area contributed by atoms with Crippen molar-refractivity contribution in [3.63, 3.8) is 0 Å². The molecule has 0 radical (unpaired) electrons. The minimum atomic E-state index is 0.292. The number of piperidine rings is 1. The fraction of sp³-hybridized carbons (Fsp3) is 0.684. The lowest BCUT2D eigenvalue weighted by atomic mass is 9.78. The Morgan fingerprint density at radius 2 is 1.75 bits per heavy atom. The predicted molar refractivity (Wildman–Crippen MR) is 93.6 cm³/mol. The Morgan fingerprint density at radius 3 is 2.46 bits per heavy atom. The molecule has 130 valence electrons. The van der Waals surface area contributed by atoms with Crippen LogP contribution in [0.1, 0.15) is 37.8 Å². The maximum Gasteiger partial charge on any atom is 0.320 e. The molecule has 1 aromatic heterocycles. The second-order valence-corrected chi connectivity index (χ2v) is 7.75. The molecule has 0 saturated carbocycles. The van der Waals surface area contributed by atoms with Gasteiger partial charge in [-0.25, -0.2) is 4.79 Å². The molecule has 4 rings (SSSR count). The molecule has 0 aliphatic carbocycles. The molecule has 1 spiro atoms. The lowest BCUT2D eigenvalue weighted by molar-refractivity contribution is 0.101. The number of carbonyl (C=O) groups excluding carboxylic acids is 1. The zero-order chi connectivity index (χ0) is 16.4. The first-order valence-corrected chi connectivity index (χ1v) is 9.40. The predicted octanol–water partition coefficient (Wildman–Crippen LogP) is 2.59. The van der Waals surface area contributed by atoms with E-state index in [2.05, 4.69) is 31.8 Å². The van der Waals surface area contributed by atoms with Gasteiger partial charge in [-0.1, -0.05) is 6.07 Å². The second-order valence-electron chi connectivity index (χ2n) is 7.75. The molecule has 0 bridgehead atoms. The summed E-state index contributed by atoms with van der Waals surface area (Å²) in [5.41, 5.74) is 1.53. The van der Waals surface area contributed by atoms with Crippen molar-refractivity contribution in [2.45, 2.75) is 38.6 Å². The van der Waals surface area contributed by atoms with Crippen LogP contribution in [0.2, 0.25) is 0 Å². The number of likely N-dealkylation sites (tertiary alicyclic amines) is 3. The van der Waals surface area contributed by atoms with Gasteiger partial charge in [-0.2, -0.15) is 0 Å². The number of pyridine rings is 1. The first-order valence-electron chi connectivity index (χ1n) is 9.40. The highest BCUT2D eigenvalue weighted by molar-refractivity contribution is 5.75. The summed E-state index contributed by atoms with van der Waals surface area (Å²) >= 11 is 0. The van der Waals surface area contributed by atoms with E-state index in [-0.39, 0.29) is 0 Å². The van der Waals surface area contributed by atoms with Crippen molar-refractivity contribution in [2.75, 3.05) is 39.3 Å². The fourth-order valence-electron chi connectivity index (χ4n) is 4.52. The number of aromatic nitrogens is 1. The van der Waals surface area contributed by atoms with Crippen molar-refractivity contribution < 1.29 is 4.79 Å². The van der Waals surface area contributed by atoms with E-state index in [4.69, 9.17) is 0 Å². The van der Waals surface area contributed by atoms with Gasteiger partial charge >= 0.3 is 6.03 Å². The molecule has 5 nitrogen and oxygen atoms in total. The summed E-state index contributed by atoms with van der Waals surface area (Å²) in [5, 5.41) is 0. The number of urea groups is 1. The molecule has 0 aromatic carbocycles. The van der Waals surface area contributed by atoms with Gasteiger partial charge in [-0.15, -0.1) is 0 Å². The SMILES string of the molecule is O=C(N1CCCC1)N1CCC2(CCN(Cc3ccccn3)CC2)C1. The van der Waals surface area contributed by atoms with Gasteiger partial charge in [0.1, 0.15) is 0 Å². The van der Waals surface area contributed by atoms with Crippen molar-refractivity contribution in [3.8, 4) is 0 Å². The molecule has 0 atom stereocenters. The van der Waals surface area contributed by atoms with Crippen LogP contribution in [0.25, 0.3) is 0 Å².